The van der Waals surface area contributed by atoms with Crippen LogP contribution in [0.4, 0.5) is 10.5 Å². The van der Waals surface area contributed by atoms with Crippen molar-refractivity contribution < 1.29 is 18.9 Å². The number of hydrogen-bond acceptors (Lipinski definition) is 4. The topological polar surface area (TPSA) is 95.5 Å². The van der Waals surface area contributed by atoms with Crippen LogP contribution in [0.25, 0.3) is 0 Å². The number of hydrogen-bond donors (Lipinski definition) is 1. The minimum atomic E-state index is -0.718. The average molecular weight is 320 g/mol. The molecule has 23 heavy (non-hydrogen) atoms. The summed E-state index contributed by atoms with van der Waals surface area (Å²) in [6.45, 7) is 0.635. The summed E-state index contributed by atoms with van der Waals surface area (Å²) in [5.74, 6) is 0. The monoisotopic (exact) mass is 320 g/mol. The molecule has 3 rings (SSSR count). The smallest absolute Gasteiger partial charge is 0.404 e. The molecule has 0 aromatic heterocycles. The van der Waals surface area contributed by atoms with E-state index >= 15 is 0 Å². The molecule has 2 saturated heterocycles. The van der Waals surface area contributed by atoms with E-state index in [0.29, 0.717) is 18.6 Å². The number of rotatable bonds is 4. The van der Waals surface area contributed by atoms with Gasteiger partial charge in [0.1, 0.15) is 12.6 Å². The van der Waals surface area contributed by atoms with Gasteiger partial charge in [-0.15, -0.1) is 0 Å². The highest BCUT2D eigenvalue weighted by atomic mass is 16.6. The Kier molecular flexibility index (Phi) is 3.97. The highest BCUT2D eigenvalue weighted by Gasteiger charge is 2.52. The number of nitrogens with two attached hydrogens (primary N) is 1. The fraction of sp³-hybridized carbons (Fsp3) is 0.562. The first-order chi connectivity index (χ1) is 10.9. The van der Waals surface area contributed by atoms with Gasteiger partial charge in [-0.1, -0.05) is 12.1 Å². The van der Waals surface area contributed by atoms with E-state index in [-0.39, 0.29) is 16.7 Å². The predicted molar refractivity (Wildman–Crippen MR) is 83.5 cm³/mol. The Bertz CT molecular complexity index is 620. The fourth-order valence-corrected chi connectivity index (χ4v) is 4.40. The molecule has 2 heterocycles. The summed E-state index contributed by atoms with van der Waals surface area (Å²) in [5.41, 5.74) is 6.09. The van der Waals surface area contributed by atoms with E-state index in [1.54, 1.807) is 12.1 Å². The van der Waals surface area contributed by atoms with Gasteiger partial charge in [-0.05, 0) is 6.07 Å². The van der Waals surface area contributed by atoms with Crippen LogP contribution in [0, 0.1) is 10.1 Å². The van der Waals surface area contributed by atoms with Gasteiger partial charge in [0.2, 0.25) is 0 Å². The van der Waals surface area contributed by atoms with Crippen molar-refractivity contribution in [2.45, 2.75) is 50.4 Å². The first-order valence-electron chi connectivity index (χ1n) is 7.93. The number of carbonyl (C=O) groups is 1. The van der Waals surface area contributed by atoms with Gasteiger partial charge in [0.25, 0.3) is 5.69 Å². The molecule has 124 valence electrons. The van der Waals surface area contributed by atoms with E-state index in [1.807, 2.05) is 12.1 Å². The molecule has 2 N–H and O–H groups in total. The van der Waals surface area contributed by atoms with Crippen molar-refractivity contribution in [3.05, 3.63) is 39.9 Å². The summed E-state index contributed by atoms with van der Waals surface area (Å²) in [7, 11) is 2.17. The van der Waals surface area contributed by atoms with Gasteiger partial charge >= 0.3 is 6.09 Å². The number of primary amides is 1. The predicted octanol–water partition coefficient (Wildman–Crippen LogP) is 2.33. The van der Waals surface area contributed by atoms with Crippen molar-refractivity contribution >= 4 is 11.8 Å². The summed E-state index contributed by atoms with van der Waals surface area (Å²) in [4.78, 5) is 21.9. The van der Waals surface area contributed by atoms with E-state index < -0.39 is 6.09 Å². The van der Waals surface area contributed by atoms with Gasteiger partial charge in [-0.2, -0.15) is 0 Å². The van der Waals surface area contributed by atoms with Crippen molar-refractivity contribution in [1.29, 1.82) is 0 Å². The van der Waals surface area contributed by atoms with Crippen molar-refractivity contribution in [3.8, 4) is 0 Å². The lowest BCUT2D eigenvalue weighted by molar-refractivity contribution is -0.961. The molecule has 0 saturated carbocycles. The number of carbonyl (C=O) groups excluding carboxylic acids is 1. The molecule has 2 aliphatic heterocycles. The van der Waals surface area contributed by atoms with Gasteiger partial charge in [0, 0.05) is 31.7 Å². The van der Waals surface area contributed by atoms with Crippen LogP contribution in [0.1, 0.15) is 31.2 Å². The Balaban J connectivity index is 1.81. The second-order valence-electron chi connectivity index (χ2n) is 6.81. The largest absolute Gasteiger partial charge is 0.446 e. The van der Waals surface area contributed by atoms with Crippen molar-refractivity contribution in [2.24, 2.45) is 5.73 Å². The van der Waals surface area contributed by atoms with E-state index in [0.717, 1.165) is 35.7 Å². The number of nitro groups is 1. The molecule has 0 radical (unpaired) electrons. The maximum absolute atomic E-state index is 11.2. The van der Waals surface area contributed by atoms with Crippen LogP contribution < -0.4 is 5.73 Å². The first kappa shape index (κ1) is 15.7. The molecule has 0 spiro atoms. The minimum absolute atomic E-state index is 0.123. The molecular formula is C16H22N3O4+. The number of nitro benzene ring substituents is 1. The molecule has 2 fully saturated rings. The van der Waals surface area contributed by atoms with Crippen LogP contribution in [0.5, 0.6) is 0 Å². The molecule has 2 unspecified atom stereocenters. The Labute approximate surface area is 134 Å². The van der Waals surface area contributed by atoms with Crippen molar-refractivity contribution in [3.63, 3.8) is 0 Å². The number of quaternary nitrogens is 1. The van der Waals surface area contributed by atoms with E-state index in [9.17, 15) is 14.9 Å². The Morgan fingerprint density at radius 1 is 1.35 bits per heavy atom. The standard InChI is InChI=1S/C16H21N3O4/c1-19(10-11-4-2-3-5-15(11)18(21)22)12-6-7-13(19)9-14(8-12)23-16(17)20/h2-5,12-14H,6-10H2,1H3,(H-,17,20)/p+1. The number of nitrogens with zero attached hydrogens (tertiary/aromatic N) is 2. The molecule has 7 nitrogen and oxygen atoms in total. The first-order valence-corrected chi connectivity index (χ1v) is 7.93. The molecule has 2 atom stereocenters. The molecule has 2 aliphatic rings. The third kappa shape index (κ3) is 2.88. The third-order valence-corrected chi connectivity index (χ3v) is 5.55. The molecule has 1 aromatic carbocycles. The molecule has 1 aromatic rings. The van der Waals surface area contributed by atoms with Crippen LogP contribution in [-0.2, 0) is 11.3 Å². The second-order valence-corrected chi connectivity index (χ2v) is 6.81. The van der Waals surface area contributed by atoms with Gasteiger partial charge in [0.15, 0.2) is 0 Å². The van der Waals surface area contributed by atoms with Crippen LogP contribution in [0.2, 0.25) is 0 Å². The molecule has 7 heteroatoms. The van der Waals surface area contributed by atoms with E-state index in [4.69, 9.17) is 10.5 Å². The lowest BCUT2D eigenvalue weighted by Crippen LogP contribution is -2.58. The summed E-state index contributed by atoms with van der Waals surface area (Å²) < 4.78 is 5.98. The number of fused-ring (bicyclic) bond motifs is 2. The molecule has 2 bridgehead atoms. The van der Waals surface area contributed by atoms with Crippen LogP contribution >= 0.6 is 0 Å². The summed E-state index contributed by atoms with van der Waals surface area (Å²) >= 11 is 0. The van der Waals surface area contributed by atoms with Crippen LogP contribution in [-0.4, -0.2) is 40.7 Å². The van der Waals surface area contributed by atoms with Crippen LogP contribution in [0.3, 0.4) is 0 Å². The third-order valence-electron chi connectivity index (χ3n) is 5.55. The Morgan fingerprint density at radius 2 is 1.96 bits per heavy atom. The van der Waals surface area contributed by atoms with Crippen molar-refractivity contribution in [2.75, 3.05) is 7.05 Å². The Hall–Kier alpha value is -2.15. The quantitative estimate of drug-likeness (QED) is 0.523. The number of benzene rings is 1. The molecular weight excluding hydrogens is 298 g/mol. The van der Waals surface area contributed by atoms with Gasteiger partial charge in [-0.3, -0.25) is 10.1 Å². The SMILES string of the molecule is C[N+]1(Cc2ccccc2[N+](=O)[O-])C2CCC1CC(OC(N)=O)C2. The average Bonchev–Trinajstić information content (AvgIpc) is 2.66. The normalized spacial score (nSPS) is 32.5. The maximum Gasteiger partial charge on any atom is 0.404 e. The maximum atomic E-state index is 11.2. The number of amides is 1. The fourth-order valence-electron chi connectivity index (χ4n) is 4.40. The summed E-state index contributed by atoms with van der Waals surface area (Å²) in [5, 5.41) is 11.2. The lowest BCUT2D eigenvalue weighted by atomic mass is 9.95. The number of para-hydroxylation sites is 1. The zero-order chi connectivity index (χ0) is 16.6. The molecule has 1 amide bonds. The second kappa shape index (κ2) is 5.81. The van der Waals surface area contributed by atoms with Gasteiger partial charge in [0.05, 0.1) is 29.6 Å². The lowest BCUT2D eigenvalue weighted by Gasteiger charge is -2.46. The van der Waals surface area contributed by atoms with Crippen LogP contribution in [0.15, 0.2) is 24.3 Å². The highest BCUT2D eigenvalue weighted by molar-refractivity contribution is 5.64. The highest BCUT2D eigenvalue weighted by Crippen LogP contribution is 2.44. The Morgan fingerprint density at radius 3 is 2.52 bits per heavy atom. The number of ether oxygens (including phenoxy) is 1. The van der Waals surface area contributed by atoms with Gasteiger partial charge < -0.3 is 15.0 Å². The van der Waals surface area contributed by atoms with E-state index in [2.05, 4.69) is 7.05 Å². The summed E-state index contributed by atoms with van der Waals surface area (Å²) in [6.07, 6.45) is 2.82. The zero-order valence-electron chi connectivity index (χ0n) is 13.2. The van der Waals surface area contributed by atoms with Gasteiger partial charge in [-0.25, -0.2) is 4.79 Å². The molecule has 0 aliphatic carbocycles. The number of piperidine rings is 1. The zero-order valence-corrected chi connectivity index (χ0v) is 13.2. The summed E-state index contributed by atoms with van der Waals surface area (Å²) in [6, 6.07) is 7.64. The van der Waals surface area contributed by atoms with Crippen molar-refractivity contribution in [1.82, 2.24) is 0 Å². The van der Waals surface area contributed by atoms with E-state index in [1.165, 1.54) is 0 Å². The minimum Gasteiger partial charge on any atom is -0.446 e.